The van der Waals surface area contributed by atoms with Gasteiger partial charge in [0, 0.05) is 11.6 Å². The number of rotatable bonds is 3. The highest BCUT2D eigenvalue weighted by molar-refractivity contribution is 14.1. The number of halogens is 3. The third-order valence-electron chi connectivity index (χ3n) is 3.40. The first-order valence-electron chi connectivity index (χ1n) is 6.06. The van der Waals surface area contributed by atoms with Gasteiger partial charge in [-0.05, 0) is 54.0 Å². The van der Waals surface area contributed by atoms with Gasteiger partial charge in [-0.3, -0.25) is 9.59 Å². The molecule has 0 heterocycles. The van der Waals surface area contributed by atoms with Crippen molar-refractivity contribution < 1.29 is 23.5 Å². The molecule has 1 saturated carbocycles. The lowest BCUT2D eigenvalue weighted by atomic mass is 10.0. The van der Waals surface area contributed by atoms with Crippen LogP contribution in [0.25, 0.3) is 0 Å². The highest BCUT2D eigenvalue weighted by Gasteiger charge is 2.33. The van der Waals surface area contributed by atoms with E-state index in [1.54, 1.807) is 0 Å². The minimum absolute atomic E-state index is 0.0455. The Morgan fingerprint density at radius 3 is 2.25 bits per heavy atom. The number of hydrogen-bond donors (Lipinski definition) is 2. The molecule has 2 rings (SSSR count). The first-order valence-corrected chi connectivity index (χ1v) is 7.14. The van der Waals surface area contributed by atoms with Gasteiger partial charge in [0.25, 0.3) is 0 Å². The van der Waals surface area contributed by atoms with Gasteiger partial charge in [-0.2, -0.15) is 0 Å². The van der Waals surface area contributed by atoms with E-state index in [4.69, 9.17) is 5.11 Å². The van der Waals surface area contributed by atoms with Gasteiger partial charge < -0.3 is 10.4 Å². The number of amides is 1. The second kappa shape index (κ2) is 6.02. The average Bonchev–Trinajstić information content (AvgIpc) is 2.85. The van der Waals surface area contributed by atoms with E-state index in [0.29, 0.717) is 12.8 Å². The molecular formula is C13H12F2INO3. The third kappa shape index (κ3) is 3.25. The molecule has 1 amide bonds. The van der Waals surface area contributed by atoms with Gasteiger partial charge in [-0.1, -0.05) is 0 Å². The monoisotopic (exact) mass is 395 g/mol. The van der Waals surface area contributed by atoms with Crippen molar-refractivity contribution in [2.24, 2.45) is 11.8 Å². The average molecular weight is 395 g/mol. The molecule has 1 aliphatic rings. The summed E-state index contributed by atoms with van der Waals surface area (Å²) in [5.74, 6) is -3.73. The molecule has 0 spiro atoms. The first-order chi connectivity index (χ1) is 9.38. The predicted octanol–water partition coefficient (Wildman–Crippen LogP) is 3.01. The molecule has 1 fully saturated rings. The lowest BCUT2D eigenvalue weighted by Crippen LogP contribution is -2.22. The number of benzene rings is 1. The molecule has 7 heteroatoms. The van der Waals surface area contributed by atoms with Crippen molar-refractivity contribution in [2.45, 2.75) is 19.3 Å². The van der Waals surface area contributed by atoms with Crippen LogP contribution in [-0.2, 0) is 9.59 Å². The molecule has 0 aromatic heterocycles. The summed E-state index contributed by atoms with van der Waals surface area (Å²) in [5.41, 5.74) is 0.0455. The summed E-state index contributed by atoms with van der Waals surface area (Å²) in [6, 6.07) is 2.10. The second-order valence-electron chi connectivity index (χ2n) is 4.79. The van der Waals surface area contributed by atoms with Gasteiger partial charge >= 0.3 is 5.97 Å². The zero-order chi connectivity index (χ0) is 14.9. The third-order valence-corrected chi connectivity index (χ3v) is 4.43. The van der Waals surface area contributed by atoms with E-state index >= 15 is 0 Å². The fraction of sp³-hybridized carbons (Fsp3) is 0.385. The van der Waals surface area contributed by atoms with Crippen molar-refractivity contribution in [2.75, 3.05) is 5.32 Å². The Balaban J connectivity index is 2.04. The van der Waals surface area contributed by atoms with Crippen LogP contribution < -0.4 is 5.32 Å². The van der Waals surface area contributed by atoms with Gasteiger partial charge in [0.2, 0.25) is 5.91 Å². The highest BCUT2D eigenvalue weighted by Crippen LogP contribution is 2.32. The van der Waals surface area contributed by atoms with Crippen LogP contribution in [0, 0.1) is 27.0 Å². The fourth-order valence-electron chi connectivity index (χ4n) is 2.32. The Bertz CT molecular complexity index is 542. The SMILES string of the molecule is O=C(O)[C@@H]1CC[C@H](C(=O)Nc2cc(F)c(I)c(F)c2)C1. The van der Waals surface area contributed by atoms with E-state index in [1.807, 2.05) is 0 Å². The maximum absolute atomic E-state index is 13.4. The van der Waals surface area contributed by atoms with Gasteiger partial charge in [0.05, 0.1) is 9.49 Å². The van der Waals surface area contributed by atoms with Crippen molar-refractivity contribution in [3.8, 4) is 0 Å². The molecule has 0 aliphatic heterocycles. The molecule has 20 heavy (non-hydrogen) atoms. The summed E-state index contributed by atoms with van der Waals surface area (Å²) in [5, 5.41) is 11.3. The van der Waals surface area contributed by atoms with Crippen LogP contribution in [0.4, 0.5) is 14.5 Å². The Morgan fingerprint density at radius 2 is 1.75 bits per heavy atom. The number of hydrogen-bond acceptors (Lipinski definition) is 2. The van der Waals surface area contributed by atoms with Gasteiger partial charge in [0.15, 0.2) is 0 Å². The summed E-state index contributed by atoms with van der Waals surface area (Å²) in [6.45, 7) is 0. The molecule has 4 nitrogen and oxygen atoms in total. The molecule has 0 radical (unpaired) electrons. The summed E-state index contributed by atoms with van der Waals surface area (Å²) < 4.78 is 26.6. The topological polar surface area (TPSA) is 66.4 Å². The summed E-state index contributed by atoms with van der Waals surface area (Å²) in [7, 11) is 0. The Hall–Kier alpha value is -1.25. The summed E-state index contributed by atoms with van der Waals surface area (Å²) >= 11 is 1.54. The maximum Gasteiger partial charge on any atom is 0.306 e. The molecule has 2 N–H and O–H groups in total. The standard InChI is InChI=1S/C13H12F2INO3/c14-9-4-8(5-10(15)11(9)16)17-12(18)6-1-2-7(3-6)13(19)20/h4-7H,1-3H2,(H,17,18)(H,19,20)/t6-,7+/m0/s1. The van der Waals surface area contributed by atoms with E-state index < -0.39 is 35.3 Å². The van der Waals surface area contributed by atoms with Crippen LogP contribution in [-0.4, -0.2) is 17.0 Å². The molecule has 108 valence electrons. The molecule has 1 aromatic carbocycles. The smallest absolute Gasteiger partial charge is 0.306 e. The van der Waals surface area contributed by atoms with Crippen LogP contribution in [0.3, 0.4) is 0 Å². The Morgan fingerprint density at radius 1 is 1.20 bits per heavy atom. The van der Waals surface area contributed by atoms with Crippen molar-refractivity contribution in [1.29, 1.82) is 0 Å². The largest absolute Gasteiger partial charge is 0.481 e. The van der Waals surface area contributed by atoms with Crippen molar-refractivity contribution in [3.63, 3.8) is 0 Å². The van der Waals surface area contributed by atoms with Crippen molar-refractivity contribution in [1.82, 2.24) is 0 Å². The molecule has 1 aliphatic carbocycles. The van der Waals surface area contributed by atoms with Crippen molar-refractivity contribution in [3.05, 3.63) is 27.3 Å². The molecule has 0 bridgehead atoms. The predicted molar refractivity (Wildman–Crippen MR) is 76.2 cm³/mol. The fourth-order valence-corrected chi connectivity index (χ4v) is 2.63. The Labute approximate surface area is 127 Å². The number of nitrogens with one attached hydrogen (secondary N) is 1. The van der Waals surface area contributed by atoms with Gasteiger partial charge in [-0.25, -0.2) is 8.78 Å². The van der Waals surface area contributed by atoms with E-state index in [2.05, 4.69) is 5.32 Å². The lowest BCUT2D eigenvalue weighted by molar-refractivity contribution is -0.141. The molecule has 2 atom stereocenters. The van der Waals surface area contributed by atoms with Crippen LogP contribution in [0.1, 0.15) is 19.3 Å². The summed E-state index contributed by atoms with van der Waals surface area (Å²) in [6.07, 6.45) is 1.18. The second-order valence-corrected chi connectivity index (χ2v) is 5.87. The quantitative estimate of drug-likeness (QED) is 0.611. The van der Waals surface area contributed by atoms with E-state index in [9.17, 15) is 18.4 Å². The molecular weight excluding hydrogens is 383 g/mol. The van der Waals surface area contributed by atoms with E-state index in [1.165, 1.54) is 22.6 Å². The molecule has 0 unspecified atom stereocenters. The normalized spacial score (nSPS) is 21.8. The summed E-state index contributed by atoms with van der Waals surface area (Å²) in [4.78, 5) is 22.8. The zero-order valence-corrected chi connectivity index (χ0v) is 12.5. The Kier molecular flexibility index (Phi) is 4.56. The lowest BCUT2D eigenvalue weighted by Gasteiger charge is -2.11. The van der Waals surface area contributed by atoms with Gasteiger partial charge in [-0.15, -0.1) is 0 Å². The van der Waals surface area contributed by atoms with Gasteiger partial charge in [0.1, 0.15) is 11.6 Å². The van der Waals surface area contributed by atoms with Crippen LogP contribution in [0.2, 0.25) is 0 Å². The minimum Gasteiger partial charge on any atom is -0.481 e. The number of carboxylic acid groups (broad SMARTS) is 1. The van der Waals surface area contributed by atoms with Crippen LogP contribution in [0.5, 0.6) is 0 Å². The molecule has 0 saturated heterocycles. The zero-order valence-electron chi connectivity index (χ0n) is 10.3. The number of carboxylic acids is 1. The number of carbonyl (C=O) groups excluding carboxylic acids is 1. The highest BCUT2D eigenvalue weighted by atomic mass is 127. The van der Waals surface area contributed by atoms with E-state index in [0.717, 1.165) is 12.1 Å². The molecule has 1 aromatic rings. The number of carbonyl (C=O) groups is 2. The maximum atomic E-state index is 13.4. The van der Waals surface area contributed by atoms with Crippen LogP contribution >= 0.6 is 22.6 Å². The van der Waals surface area contributed by atoms with E-state index in [-0.39, 0.29) is 15.7 Å². The first kappa shape index (κ1) is 15.1. The van der Waals surface area contributed by atoms with Crippen molar-refractivity contribution >= 4 is 40.2 Å². The van der Waals surface area contributed by atoms with Crippen LogP contribution in [0.15, 0.2) is 12.1 Å². The number of aliphatic carboxylic acids is 1. The number of anilines is 1. The minimum atomic E-state index is -0.911.